The fourth-order valence-corrected chi connectivity index (χ4v) is 7.12. The molecule has 0 amide bonds. The number of carbonyl (C=O) groups excluding carboxylic acids is 1. The lowest BCUT2D eigenvalue weighted by atomic mass is 9.86. The van der Waals surface area contributed by atoms with Gasteiger partial charge in [-0.25, -0.2) is 4.79 Å². The largest absolute Gasteiger partial charge is 0.451 e. The summed E-state index contributed by atoms with van der Waals surface area (Å²) in [5, 5.41) is 0. The number of benzene rings is 4. The molecule has 2 aliphatic rings. The van der Waals surface area contributed by atoms with Gasteiger partial charge in [-0.1, -0.05) is 123 Å². The number of hydrogen-bond donors (Lipinski definition) is 0. The van der Waals surface area contributed by atoms with Crippen LogP contribution in [0.3, 0.4) is 0 Å². The highest BCUT2D eigenvalue weighted by atomic mass is 16.7. The number of rotatable bonds is 15. The highest BCUT2D eigenvalue weighted by molar-refractivity contribution is 5.89. The maximum atomic E-state index is 13.6. The summed E-state index contributed by atoms with van der Waals surface area (Å²) >= 11 is 0. The fraction of sp³-hybridized carbons (Fsp3) is 0.419. The Bertz CT molecular complexity index is 1620. The van der Waals surface area contributed by atoms with E-state index in [2.05, 4.69) is 26.0 Å². The molecule has 9 heteroatoms. The van der Waals surface area contributed by atoms with E-state index in [-0.39, 0.29) is 24.5 Å². The zero-order valence-electron chi connectivity index (χ0n) is 30.3. The summed E-state index contributed by atoms with van der Waals surface area (Å²) in [6, 6.07) is 39.0. The summed E-state index contributed by atoms with van der Waals surface area (Å²) in [7, 11) is 3.25. The van der Waals surface area contributed by atoms with Crippen LogP contribution in [0.15, 0.2) is 121 Å². The summed E-state index contributed by atoms with van der Waals surface area (Å²) in [5.74, 6) is -0.879. The second kappa shape index (κ2) is 18.7. The number of esters is 1. The van der Waals surface area contributed by atoms with E-state index in [1.807, 2.05) is 84.9 Å². The standard InChI is InChI=1S/C43H50O9/c1-29-35(25-31-17-9-5-10-18-31)49-43(40(38(29)45-3)51-41(44)34-23-15-8-16-24-34)52-37-30(2)39(48-27-33-21-13-7-14-22-33)42(46-4)50-36(37)28-47-26-32-19-11-6-12-20-32/h5-24,29-30,35-40,42-43H,25-28H2,1-4H3/t29-,30?,35?,36+,37+,38-,39?,40?,42+,43+/m1/s1. The molecule has 2 heterocycles. The van der Waals surface area contributed by atoms with Crippen LogP contribution < -0.4 is 0 Å². The SMILES string of the molecule is CO[C@H]1O[C@@H](COCc2ccccc2)[C@@H](O[C@@H]2OC(Cc3ccccc3)[C@@H](C)[C@@H](OC)C2OC(=O)c2ccccc2)C(C)C1OCc1ccccc1. The van der Waals surface area contributed by atoms with Gasteiger partial charge in [0, 0.05) is 26.1 Å². The van der Waals surface area contributed by atoms with Gasteiger partial charge in [-0.15, -0.1) is 0 Å². The summed E-state index contributed by atoms with van der Waals surface area (Å²) < 4.78 is 51.4. The van der Waals surface area contributed by atoms with Gasteiger partial charge in [0.1, 0.15) is 18.3 Å². The van der Waals surface area contributed by atoms with Crippen molar-refractivity contribution in [3.63, 3.8) is 0 Å². The predicted octanol–water partition coefficient (Wildman–Crippen LogP) is 7.03. The molecule has 0 aromatic heterocycles. The molecule has 4 unspecified atom stereocenters. The Hall–Kier alpha value is -3.93. The van der Waals surface area contributed by atoms with Gasteiger partial charge in [-0.3, -0.25) is 0 Å². The van der Waals surface area contributed by atoms with E-state index in [0.717, 1.165) is 16.7 Å². The third kappa shape index (κ3) is 9.53. The van der Waals surface area contributed by atoms with Gasteiger partial charge in [0.15, 0.2) is 18.7 Å². The summed E-state index contributed by atoms with van der Waals surface area (Å²) in [6.07, 6.45) is -4.43. The summed E-state index contributed by atoms with van der Waals surface area (Å²) in [6.45, 7) is 5.09. The van der Waals surface area contributed by atoms with Gasteiger partial charge in [-0.05, 0) is 35.2 Å². The molecule has 0 spiro atoms. The minimum absolute atomic E-state index is 0.136. The molecule has 52 heavy (non-hydrogen) atoms. The predicted molar refractivity (Wildman–Crippen MR) is 195 cm³/mol. The van der Waals surface area contributed by atoms with Crippen LogP contribution in [0.1, 0.15) is 40.9 Å². The molecule has 4 aromatic carbocycles. The Morgan fingerprint density at radius 3 is 1.73 bits per heavy atom. The zero-order valence-corrected chi connectivity index (χ0v) is 30.3. The lowest BCUT2D eigenvalue weighted by molar-refractivity contribution is -0.349. The highest BCUT2D eigenvalue weighted by Gasteiger charge is 2.52. The molecule has 0 N–H and O–H groups in total. The van der Waals surface area contributed by atoms with Crippen molar-refractivity contribution >= 4 is 5.97 Å². The van der Waals surface area contributed by atoms with E-state index in [1.54, 1.807) is 38.5 Å². The van der Waals surface area contributed by atoms with Gasteiger partial charge in [0.25, 0.3) is 0 Å². The first kappa shape index (κ1) is 37.8. The molecular formula is C43H50O9. The highest BCUT2D eigenvalue weighted by Crippen LogP contribution is 2.38. The van der Waals surface area contributed by atoms with Gasteiger partial charge < -0.3 is 37.9 Å². The Labute approximate surface area is 307 Å². The minimum atomic E-state index is -0.996. The summed E-state index contributed by atoms with van der Waals surface area (Å²) in [5.41, 5.74) is 3.61. The van der Waals surface area contributed by atoms with Gasteiger partial charge in [-0.2, -0.15) is 0 Å². The van der Waals surface area contributed by atoms with E-state index in [0.29, 0.717) is 25.2 Å². The Morgan fingerprint density at radius 1 is 0.577 bits per heavy atom. The van der Waals surface area contributed by atoms with Gasteiger partial charge in [0.2, 0.25) is 0 Å². The molecule has 0 aliphatic carbocycles. The van der Waals surface area contributed by atoms with Gasteiger partial charge in [0.05, 0.1) is 37.6 Å². The second-order valence-corrected chi connectivity index (χ2v) is 13.5. The topological polar surface area (TPSA) is 90.9 Å². The minimum Gasteiger partial charge on any atom is -0.451 e. The molecule has 0 bridgehead atoms. The lowest BCUT2D eigenvalue weighted by Gasteiger charge is -2.49. The average Bonchev–Trinajstić information content (AvgIpc) is 3.18. The van der Waals surface area contributed by atoms with Crippen LogP contribution in [0.5, 0.6) is 0 Å². The van der Waals surface area contributed by atoms with Crippen molar-refractivity contribution in [2.75, 3.05) is 20.8 Å². The molecule has 4 aromatic rings. The molecule has 0 saturated carbocycles. The monoisotopic (exact) mass is 710 g/mol. The van der Waals surface area contributed by atoms with Crippen LogP contribution in [0, 0.1) is 11.8 Å². The first-order valence-electron chi connectivity index (χ1n) is 18.0. The lowest BCUT2D eigenvalue weighted by Crippen LogP contribution is -2.62. The van der Waals surface area contributed by atoms with Crippen LogP contribution >= 0.6 is 0 Å². The Kier molecular flexibility index (Phi) is 13.6. The van der Waals surface area contributed by atoms with Crippen LogP contribution in [0.4, 0.5) is 0 Å². The van der Waals surface area contributed by atoms with Gasteiger partial charge >= 0.3 is 5.97 Å². The average molecular weight is 711 g/mol. The Morgan fingerprint density at radius 2 is 1.13 bits per heavy atom. The van der Waals surface area contributed by atoms with Crippen LogP contribution in [-0.2, 0) is 57.5 Å². The van der Waals surface area contributed by atoms with Crippen molar-refractivity contribution in [2.24, 2.45) is 11.8 Å². The third-order valence-electron chi connectivity index (χ3n) is 9.99. The molecule has 10 atom stereocenters. The molecule has 2 fully saturated rings. The summed E-state index contributed by atoms with van der Waals surface area (Å²) in [4.78, 5) is 13.6. The first-order chi connectivity index (χ1) is 25.4. The van der Waals surface area contributed by atoms with Crippen molar-refractivity contribution in [3.8, 4) is 0 Å². The maximum absolute atomic E-state index is 13.6. The third-order valence-corrected chi connectivity index (χ3v) is 9.99. The molecule has 0 radical (unpaired) electrons. The molecular weight excluding hydrogens is 660 g/mol. The van der Waals surface area contributed by atoms with Crippen molar-refractivity contribution < 1.29 is 42.7 Å². The number of methoxy groups -OCH3 is 2. The van der Waals surface area contributed by atoms with E-state index in [4.69, 9.17) is 37.9 Å². The maximum Gasteiger partial charge on any atom is 0.338 e. The van der Waals surface area contributed by atoms with Crippen molar-refractivity contribution in [2.45, 2.75) is 82.7 Å². The van der Waals surface area contributed by atoms with E-state index in [9.17, 15) is 4.79 Å². The number of hydrogen-bond acceptors (Lipinski definition) is 9. The quantitative estimate of drug-likeness (QED) is 0.121. The van der Waals surface area contributed by atoms with E-state index >= 15 is 0 Å². The zero-order chi connectivity index (χ0) is 36.3. The molecule has 6 rings (SSSR count). The second-order valence-electron chi connectivity index (χ2n) is 13.5. The molecule has 2 saturated heterocycles. The van der Waals surface area contributed by atoms with Crippen molar-refractivity contribution in [3.05, 3.63) is 144 Å². The fourth-order valence-electron chi connectivity index (χ4n) is 7.12. The molecule has 9 nitrogen and oxygen atoms in total. The Balaban J connectivity index is 1.29. The van der Waals surface area contributed by atoms with Crippen LogP contribution in [0.25, 0.3) is 0 Å². The first-order valence-corrected chi connectivity index (χ1v) is 18.0. The van der Waals surface area contributed by atoms with Crippen molar-refractivity contribution in [1.29, 1.82) is 0 Å². The molecule has 2 aliphatic heterocycles. The van der Waals surface area contributed by atoms with Crippen LogP contribution in [0.2, 0.25) is 0 Å². The molecule has 276 valence electrons. The van der Waals surface area contributed by atoms with E-state index in [1.165, 1.54) is 0 Å². The smallest absolute Gasteiger partial charge is 0.338 e. The number of carbonyl (C=O) groups is 1. The normalized spacial score (nSPS) is 29.0. The van der Waals surface area contributed by atoms with Crippen molar-refractivity contribution in [1.82, 2.24) is 0 Å². The van der Waals surface area contributed by atoms with Crippen LogP contribution in [-0.4, -0.2) is 76.0 Å². The number of ether oxygens (including phenoxy) is 8. The van der Waals surface area contributed by atoms with E-state index < -0.39 is 49.1 Å².